The molecule has 0 atom stereocenters. The summed E-state index contributed by atoms with van der Waals surface area (Å²) in [6.45, 7) is 1.72. The molecule has 4 rings (SSSR count). The molecule has 0 aliphatic rings. The van der Waals surface area contributed by atoms with E-state index in [1.54, 1.807) is 0 Å². The largest absolute Gasteiger partial charge is 0.494 e. The molecule has 150 valence electrons. The topological polar surface area (TPSA) is 42.7 Å². The monoisotopic (exact) mass is 396 g/mol. The van der Waals surface area contributed by atoms with Crippen molar-refractivity contribution in [1.82, 2.24) is 19.5 Å². The second-order valence-electron chi connectivity index (χ2n) is 7.32. The molecule has 0 saturated carbocycles. The number of nitrogens with zero attached hydrogens (tertiary/aromatic N) is 4. The van der Waals surface area contributed by atoms with Crippen molar-refractivity contribution in [2.75, 3.05) is 27.2 Å². The molecule has 0 N–H and O–H groups in total. The van der Waals surface area contributed by atoms with Gasteiger partial charge in [-0.1, -0.05) is 30.0 Å². The average molecular weight is 396 g/mol. The zero-order valence-corrected chi connectivity index (χ0v) is 17.2. The van der Waals surface area contributed by atoms with Crippen LogP contribution in [0.15, 0.2) is 72.9 Å². The van der Waals surface area contributed by atoms with E-state index in [9.17, 15) is 0 Å². The smallest absolute Gasteiger partial charge is 0.168 e. The van der Waals surface area contributed by atoms with E-state index in [-0.39, 0.29) is 0 Å². The predicted molar refractivity (Wildman–Crippen MR) is 120 cm³/mol. The van der Waals surface area contributed by atoms with E-state index < -0.39 is 0 Å². The Bertz CT molecular complexity index is 1170. The highest BCUT2D eigenvalue weighted by atomic mass is 16.5. The maximum Gasteiger partial charge on any atom is 0.168 e. The van der Waals surface area contributed by atoms with Gasteiger partial charge in [0.2, 0.25) is 0 Å². The lowest BCUT2D eigenvalue weighted by Gasteiger charge is -2.10. The van der Waals surface area contributed by atoms with Gasteiger partial charge in [0.1, 0.15) is 5.75 Å². The third-order valence-electron chi connectivity index (χ3n) is 4.66. The molecule has 5 nitrogen and oxygen atoms in total. The first-order valence-corrected chi connectivity index (χ1v) is 9.99. The summed E-state index contributed by atoms with van der Waals surface area (Å²) in [7, 11) is 4.13. The Morgan fingerprint density at radius 3 is 2.40 bits per heavy atom. The number of rotatable bonds is 6. The molecule has 0 spiro atoms. The van der Waals surface area contributed by atoms with E-state index in [1.807, 2.05) is 77.3 Å². The molecule has 30 heavy (non-hydrogen) atoms. The van der Waals surface area contributed by atoms with Crippen LogP contribution in [-0.4, -0.2) is 46.7 Å². The van der Waals surface area contributed by atoms with Crippen LogP contribution >= 0.6 is 0 Å². The fourth-order valence-corrected chi connectivity index (χ4v) is 3.10. The van der Waals surface area contributed by atoms with Gasteiger partial charge in [-0.25, -0.2) is 0 Å². The van der Waals surface area contributed by atoms with Gasteiger partial charge in [-0.15, -0.1) is 10.2 Å². The lowest BCUT2D eigenvalue weighted by molar-refractivity contribution is 0.281. The van der Waals surface area contributed by atoms with Crippen molar-refractivity contribution in [3.8, 4) is 29.0 Å². The summed E-state index contributed by atoms with van der Waals surface area (Å²) >= 11 is 0. The Hall–Kier alpha value is -3.62. The van der Waals surface area contributed by atoms with E-state index in [0.29, 0.717) is 6.61 Å². The Balaban J connectivity index is 1.52. The molecular weight excluding hydrogens is 372 g/mol. The van der Waals surface area contributed by atoms with Gasteiger partial charge in [-0.3, -0.25) is 4.40 Å². The average Bonchev–Trinajstić information content (AvgIpc) is 3.19. The standard InChI is InChI=1S/C25H24N4O/c1-28(2)17-6-18-30-23-14-12-22(13-15-23)25-27-26-24-16-11-21(19-29(24)25)10-9-20-7-4-3-5-8-20/h3-5,7-8,11-16,19H,6,17-18H2,1-2H3. The summed E-state index contributed by atoms with van der Waals surface area (Å²) < 4.78 is 7.80. The number of fused-ring (bicyclic) bond motifs is 1. The van der Waals surface area contributed by atoms with Crippen LogP contribution in [0.1, 0.15) is 17.5 Å². The molecule has 0 amide bonds. The lowest BCUT2D eigenvalue weighted by atomic mass is 10.2. The SMILES string of the molecule is CN(C)CCCOc1ccc(-c2nnc3ccc(C#Cc4ccccc4)cn23)cc1. The van der Waals surface area contributed by atoms with Gasteiger partial charge in [0, 0.05) is 29.4 Å². The third kappa shape index (κ3) is 4.86. The minimum absolute atomic E-state index is 0.703. The first kappa shape index (κ1) is 19.7. The molecule has 5 heteroatoms. The predicted octanol–water partition coefficient (Wildman–Crippen LogP) is 4.13. The third-order valence-corrected chi connectivity index (χ3v) is 4.66. The van der Waals surface area contributed by atoms with Crippen LogP contribution in [0.2, 0.25) is 0 Å². The molecule has 0 bridgehead atoms. The zero-order valence-electron chi connectivity index (χ0n) is 17.2. The van der Waals surface area contributed by atoms with E-state index in [1.165, 1.54) is 0 Å². The number of ether oxygens (including phenoxy) is 1. The van der Waals surface area contributed by atoms with Crippen molar-refractivity contribution < 1.29 is 4.74 Å². The Morgan fingerprint density at radius 1 is 0.867 bits per heavy atom. The minimum atomic E-state index is 0.703. The van der Waals surface area contributed by atoms with Crippen LogP contribution in [0.4, 0.5) is 0 Å². The summed E-state index contributed by atoms with van der Waals surface area (Å²) in [5.74, 6) is 8.06. The molecule has 2 aromatic heterocycles. The van der Waals surface area contributed by atoms with Crippen LogP contribution < -0.4 is 4.74 Å². The molecule has 0 saturated heterocycles. The molecule has 2 heterocycles. The summed E-state index contributed by atoms with van der Waals surface area (Å²) in [6, 6.07) is 21.8. The summed E-state index contributed by atoms with van der Waals surface area (Å²) in [5.41, 5.74) is 3.67. The van der Waals surface area contributed by atoms with Gasteiger partial charge >= 0.3 is 0 Å². The van der Waals surface area contributed by atoms with Crippen LogP contribution in [0.25, 0.3) is 17.0 Å². The van der Waals surface area contributed by atoms with Gasteiger partial charge in [0.15, 0.2) is 11.5 Å². The highest BCUT2D eigenvalue weighted by Crippen LogP contribution is 2.22. The van der Waals surface area contributed by atoms with Crippen molar-refractivity contribution in [3.63, 3.8) is 0 Å². The summed E-state index contributed by atoms with van der Waals surface area (Å²) in [4.78, 5) is 2.15. The number of hydrogen-bond donors (Lipinski definition) is 0. The Kier molecular flexibility index (Phi) is 6.07. The number of aromatic nitrogens is 3. The first-order valence-electron chi connectivity index (χ1n) is 9.99. The zero-order chi connectivity index (χ0) is 20.8. The first-order chi connectivity index (χ1) is 14.7. The minimum Gasteiger partial charge on any atom is -0.494 e. The number of benzene rings is 2. The maximum absolute atomic E-state index is 5.82. The van der Waals surface area contributed by atoms with Crippen molar-refractivity contribution in [1.29, 1.82) is 0 Å². The molecular formula is C25H24N4O. The van der Waals surface area contributed by atoms with Crippen LogP contribution in [-0.2, 0) is 0 Å². The molecule has 0 unspecified atom stereocenters. The normalized spacial score (nSPS) is 10.8. The molecule has 0 radical (unpaired) electrons. The fourth-order valence-electron chi connectivity index (χ4n) is 3.10. The quantitative estimate of drug-likeness (QED) is 0.363. The molecule has 2 aromatic carbocycles. The maximum atomic E-state index is 5.82. The van der Waals surface area contributed by atoms with E-state index >= 15 is 0 Å². The number of pyridine rings is 1. The van der Waals surface area contributed by atoms with Gasteiger partial charge < -0.3 is 9.64 Å². The second-order valence-corrected chi connectivity index (χ2v) is 7.32. The lowest BCUT2D eigenvalue weighted by Crippen LogP contribution is -2.15. The highest BCUT2D eigenvalue weighted by molar-refractivity contribution is 5.61. The highest BCUT2D eigenvalue weighted by Gasteiger charge is 2.08. The van der Waals surface area contributed by atoms with Crippen LogP contribution in [0.3, 0.4) is 0 Å². The van der Waals surface area contributed by atoms with Gasteiger partial charge in [0.25, 0.3) is 0 Å². The van der Waals surface area contributed by atoms with Gasteiger partial charge in [-0.2, -0.15) is 0 Å². The van der Waals surface area contributed by atoms with E-state index in [4.69, 9.17) is 4.74 Å². The van der Waals surface area contributed by atoms with E-state index in [0.717, 1.165) is 46.9 Å². The molecule has 0 aliphatic carbocycles. The fraction of sp³-hybridized carbons (Fsp3) is 0.200. The van der Waals surface area contributed by atoms with Gasteiger partial charge in [-0.05, 0) is 69.0 Å². The van der Waals surface area contributed by atoms with Crippen molar-refractivity contribution >= 4 is 5.65 Å². The van der Waals surface area contributed by atoms with Crippen molar-refractivity contribution in [2.24, 2.45) is 0 Å². The van der Waals surface area contributed by atoms with Crippen LogP contribution in [0.5, 0.6) is 5.75 Å². The summed E-state index contributed by atoms with van der Waals surface area (Å²) in [6.07, 6.45) is 2.97. The summed E-state index contributed by atoms with van der Waals surface area (Å²) in [5, 5.41) is 8.65. The van der Waals surface area contributed by atoms with Crippen molar-refractivity contribution in [2.45, 2.75) is 6.42 Å². The Morgan fingerprint density at radius 2 is 1.63 bits per heavy atom. The Labute approximate surface area is 176 Å². The molecule has 0 aliphatic heterocycles. The molecule has 4 aromatic rings. The number of hydrogen-bond acceptors (Lipinski definition) is 4. The van der Waals surface area contributed by atoms with Gasteiger partial charge in [0.05, 0.1) is 6.61 Å². The van der Waals surface area contributed by atoms with Crippen LogP contribution in [0, 0.1) is 11.8 Å². The van der Waals surface area contributed by atoms with E-state index in [2.05, 4.69) is 41.0 Å². The molecule has 0 fully saturated rings. The second kappa shape index (κ2) is 9.25. The van der Waals surface area contributed by atoms with Crippen molar-refractivity contribution in [3.05, 3.63) is 84.1 Å².